The van der Waals surface area contributed by atoms with Gasteiger partial charge < -0.3 is 10.6 Å². The number of anilines is 2. The molecule has 1 atom stereocenters. The topological polar surface area (TPSA) is 95.6 Å². The standard InChI is InChI=1S/C21H22F3N3O4S/c1-14(28)25-18-10-9-16(21(22,23)24)12-19(18)26-20(29)15-6-5-11-27(13-15)32(30,31)17-7-3-2-4-8-17/h2-4,7-10,12,15H,5-6,11,13H2,1H3,(H,25,28)(H,26,29). The molecule has 1 unspecified atom stereocenters. The van der Waals surface area contributed by atoms with Crippen LogP contribution in [-0.2, 0) is 25.8 Å². The molecule has 172 valence electrons. The van der Waals surface area contributed by atoms with Crippen molar-refractivity contribution in [1.29, 1.82) is 0 Å². The summed E-state index contributed by atoms with van der Waals surface area (Å²) in [7, 11) is -3.80. The molecule has 0 radical (unpaired) electrons. The van der Waals surface area contributed by atoms with E-state index in [1.165, 1.54) is 23.4 Å². The van der Waals surface area contributed by atoms with Crippen molar-refractivity contribution in [2.45, 2.75) is 30.8 Å². The lowest BCUT2D eigenvalue weighted by atomic mass is 9.98. The molecular formula is C21H22F3N3O4S. The quantitative estimate of drug-likeness (QED) is 0.698. The van der Waals surface area contributed by atoms with Crippen molar-refractivity contribution in [2.24, 2.45) is 5.92 Å². The highest BCUT2D eigenvalue weighted by Gasteiger charge is 2.34. The van der Waals surface area contributed by atoms with Gasteiger partial charge in [-0.2, -0.15) is 17.5 Å². The maximum absolute atomic E-state index is 13.1. The number of halogens is 3. The zero-order chi connectivity index (χ0) is 23.5. The van der Waals surface area contributed by atoms with Crippen LogP contribution in [0.2, 0.25) is 0 Å². The number of carbonyl (C=O) groups is 2. The Balaban J connectivity index is 1.81. The molecule has 0 aromatic heterocycles. The summed E-state index contributed by atoms with van der Waals surface area (Å²) in [5, 5.41) is 4.82. The summed E-state index contributed by atoms with van der Waals surface area (Å²) in [6.45, 7) is 1.33. The average Bonchev–Trinajstić information content (AvgIpc) is 2.74. The van der Waals surface area contributed by atoms with Gasteiger partial charge in [0.2, 0.25) is 21.8 Å². The van der Waals surface area contributed by atoms with E-state index in [1.54, 1.807) is 18.2 Å². The van der Waals surface area contributed by atoms with Gasteiger partial charge in [-0.25, -0.2) is 8.42 Å². The number of sulfonamides is 1. The summed E-state index contributed by atoms with van der Waals surface area (Å²) in [5.74, 6) is -1.90. The molecule has 2 aromatic rings. The molecule has 1 heterocycles. The smallest absolute Gasteiger partial charge is 0.325 e. The number of hydrogen-bond donors (Lipinski definition) is 2. The number of hydrogen-bond acceptors (Lipinski definition) is 4. The number of amides is 2. The number of nitrogens with one attached hydrogen (secondary N) is 2. The molecule has 7 nitrogen and oxygen atoms in total. The summed E-state index contributed by atoms with van der Waals surface area (Å²) < 4.78 is 66.3. The van der Waals surface area contributed by atoms with E-state index in [-0.39, 0.29) is 29.4 Å². The van der Waals surface area contributed by atoms with Gasteiger partial charge >= 0.3 is 6.18 Å². The highest BCUT2D eigenvalue weighted by atomic mass is 32.2. The van der Waals surface area contributed by atoms with Gasteiger partial charge in [0.25, 0.3) is 0 Å². The summed E-state index contributed by atoms with van der Waals surface area (Å²) in [4.78, 5) is 24.4. The maximum atomic E-state index is 13.1. The Morgan fingerprint density at radius 1 is 1.03 bits per heavy atom. The van der Waals surface area contributed by atoms with E-state index in [0.29, 0.717) is 12.8 Å². The van der Waals surface area contributed by atoms with Crippen molar-refractivity contribution in [3.05, 3.63) is 54.1 Å². The number of carbonyl (C=O) groups excluding carboxylic acids is 2. The molecule has 0 saturated carbocycles. The fraction of sp³-hybridized carbons (Fsp3) is 0.333. The van der Waals surface area contributed by atoms with Gasteiger partial charge in [-0.3, -0.25) is 9.59 Å². The number of benzene rings is 2. The van der Waals surface area contributed by atoms with Crippen molar-refractivity contribution < 1.29 is 31.2 Å². The van der Waals surface area contributed by atoms with Crippen LogP contribution in [0.4, 0.5) is 24.5 Å². The summed E-state index contributed by atoms with van der Waals surface area (Å²) >= 11 is 0. The van der Waals surface area contributed by atoms with Gasteiger partial charge in [0.05, 0.1) is 27.8 Å². The highest BCUT2D eigenvalue weighted by Crippen LogP contribution is 2.34. The average molecular weight is 469 g/mol. The molecule has 2 amide bonds. The first-order valence-electron chi connectivity index (χ1n) is 9.83. The number of rotatable bonds is 5. The van der Waals surface area contributed by atoms with Crippen molar-refractivity contribution in [1.82, 2.24) is 4.31 Å². The van der Waals surface area contributed by atoms with Crippen molar-refractivity contribution in [3.63, 3.8) is 0 Å². The predicted molar refractivity (Wildman–Crippen MR) is 112 cm³/mol. The van der Waals surface area contributed by atoms with Crippen molar-refractivity contribution >= 4 is 33.2 Å². The van der Waals surface area contributed by atoms with Crippen LogP contribution in [0, 0.1) is 5.92 Å². The zero-order valence-electron chi connectivity index (χ0n) is 17.1. The fourth-order valence-corrected chi connectivity index (χ4v) is 5.02. The summed E-state index contributed by atoms with van der Waals surface area (Å²) in [6, 6.07) is 10.4. The van der Waals surface area contributed by atoms with Crippen LogP contribution in [0.5, 0.6) is 0 Å². The molecule has 1 saturated heterocycles. The van der Waals surface area contributed by atoms with E-state index in [1.807, 2.05) is 0 Å². The number of nitrogens with zero attached hydrogens (tertiary/aromatic N) is 1. The number of piperidine rings is 1. The molecule has 1 aliphatic heterocycles. The molecular weight excluding hydrogens is 447 g/mol. The van der Waals surface area contributed by atoms with E-state index in [9.17, 15) is 31.2 Å². The first-order valence-corrected chi connectivity index (χ1v) is 11.3. The van der Waals surface area contributed by atoms with Gasteiger partial charge in [0.15, 0.2) is 0 Å². The monoisotopic (exact) mass is 469 g/mol. The first kappa shape index (κ1) is 23.7. The fourth-order valence-electron chi connectivity index (χ4n) is 3.47. The lowest BCUT2D eigenvalue weighted by Crippen LogP contribution is -2.43. The minimum absolute atomic E-state index is 0.0171. The molecule has 1 aliphatic rings. The Kier molecular flexibility index (Phi) is 6.89. The van der Waals surface area contributed by atoms with Crippen LogP contribution in [0.3, 0.4) is 0 Å². The van der Waals surface area contributed by atoms with Crippen LogP contribution in [0.15, 0.2) is 53.4 Å². The van der Waals surface area contributed by atoms with Crippen molar-refractivity contribution in [3.8, 4) is 0 Å². The minimum Gasteiger partial charge on any atom is -0.325 e. The van der Waals surface area contributed by atoms with E-state index in [2.05, 4.69) is 10.6 Å². The summed E-state index contributed by atoms with van der Waals surface area (Å²) in [5.41, 5.74) is -1.18. The Bertz CT molecular complexity index is 1110. The third-order valence-electron chi connectivity index (χ3n) is 5.05. The van der Waals surface area contributed by atoms with Crippen LogP contribution in [0.1, 0.15) is 25.3 Å². The van der Waals surface area contributed by atoms with Crippen LogP contribution >= 0.6 is 0 Å². The lowest BCUT2D eigenvalue weighted by molar-refractivity contribution is -0.137. The Morgan fingerprint density at radius 2 is 1.72 bits per heavy atom. The summed E-state index contributed by atoms with van der Waals surface area (Å²) in [6.07, 6.45) is -3.84. The molecule has 0 bridgehead atoms. The van der Waals surface area contributed by atoms with Gasteiger partial charge in [-0.1, -0.05) is 18.2 Å². The second-order valence-corrected chi connectivity index (χ2v) is 9.38. The van der Waals surface area contributed by atoms with Crippen LogP contribution in [0.25, 0.3) is 0 Å². The maximum Gasteiger partial charge on any atom is 0.416 e. The molecule has 32 heavy (non-hydrogen) atoms. The van der Waals surface area contributed by atoms with E-state index in [4.69, 9.17) is 0 Å². The normalized spacial score (nSPS) is 17.6. The Morgan fingerprint density at radius 3 is 2.34 bits per heavy atom. The molecule has 0 spiro atoms. The van der Waals surface area contributed by atoms with Gasteiger partial charge in [-0.05, 0) is 43.2 Å². The Hall–Kier alpha value is -2.92. The largest absolute Gasteiger partial charge is 0.416 e. The van der Waals surface area contributed by atoms with Gasteiger partial charge in [-0.15, -0.1) is 0 Å². The third-order valence-corrected chi connectivity index (χ3v) is 6.93. The number of alkyl halides is 3. The molecule has 2 aromatic carbocycles. The Labute approximate surface area is 183 Å². The molecule has 0 aliphatic carbocycles. The SMILES string of the molecule is CC(=O)Nc1ccc(C(F)(F)F)cc1NC(=O)C1CCCN(S(=O)(=O)c2ccccc2)C1. The van der Waals surface area contributed by atoms with Crippen molar-refractivity contribution in [2.75, 3.05) is 23.7 Å². The lowest BCUT2D eigenvalue weighted by Gasteiger charge is -2.31. The molecule has 11 heteroatoms. The molecule has 3 rings (SSSR count). The minimum atomic E-state index is -4.64. The van der Waals surface area contributed by atoms with Crippen LogP contribution in [-0.4, -0.2) is 37.6 Å². The first-order chi connectivity index (χ1) is 15.0. The van der Waals surface area contributed by atoms with E-state index in [0.717, 1.165) is 18.2 Å². The molecule has 1 fully saturated rings. The van der Waals surface area contributed by atoms with Gasteiger partial charge in [0.1, 0.15) is 0 Å². The van der Waals surface area contributed by atoms with Gasteiger partial charge in [0, 0.05) is 20.0 Å². The highest BCUT2D eigenvalue weighted by molar-refractivity contribution is 7.89. The second kappa shape index (κ2) is 9.29. The predicted octanol–water partition coefficient (Wildman–Crippen LogP) is 3.70. The van der Waals surface area contributed by atoms with E-state index < -0.39 is 39.5 Å². The second-order valence-electron chi connectivity index (χ2n) is 7.44. The van der Waals surface area contributed by atoms with Crippen LogP contribution < -0.4 is 10.6 Å². The zero-order valence-corrected chi connectivity index (χ0v) is 18.0. The molecule has 2 N–H and O–H groups in total. The van der Waals surface area contributed by atoms with E-state index >= 15 is 0 Å². The third kappa shape index (κ3) is 5.46.